The van der Waals surface area contributed by atoms with E-state index in [9.17, 15) is 15.3 Å². The molecule has 0 bridgehead atoms. The number of benzene rings is 1. The molecule has 1 aromatic heterocycles. The van der Waals surface area contributed by atoms with Gasteiger partial charge in [0.2, 0.25) is 0 Å². The van der Waals surface area contributed by atoms with Crippen LogP contribution in [0.2, 0.25) is 0 Å². The van der Waals surface area contributed by atoms with E-state index in [1.807, 2.05) is 58.1 Å². The lowest BCUT2D eigenvalue weighted by Gasteiger charge is -2.35. The zero-order valence-electron chi connectivity index (χ0n) is 13.6. The van der Waals surface area contributed by atoms with E-state index in [-0.39, 0.29) is 5.78 Å². The Morgan fingerprint density at radius 2 is 2.00 bits per heavy atom. The van der Waals surface area contributed by atoms with Crippen LogP contribution in [0.25, 0.3) is 6.08 Å². The predicted octanol–water partition coefficient (Wildman–Crippen LogP) is 3.74. The minimum absolute atomic E-state index is 0.0290. The number of rotatable bonds is 2. The van der Waals surface area contributed by atoms with Gasteiger partial charge in [-0.1, -0.05) is 30.4 Å². The Morgan fingerprint density at radius 1 is 1.24 bits per heavy atom. The molecule has 2 aliphatic heterocycles. The molecule has 0 spiro atoms. The average Bonchev–Trinajstić information content (AvgIpc) is 3.25. The molecule has 3 atom stereocenters. The third kappa shape index (κ3) is 2.00. The second-order valence-electron chi connectivity index (χ2n) is 6.45. The molecule has 0 amide bonds. The van der Waals surface area contributed by atoms with Gasteiger partial charge < -0.3 is 4.90 Å². The molecule has 0 aliphatic carbocycles. The zero-order chi connectivity index (χ0) is 17.6. The molecular formula is C20H15N3OS. The normalized spacial score (nSPS) is 25.6. The largest absolute Gasteiger partial charge is 0.351 e. The van der Waals surface area contributed by atoms with E-state index in [4.69, 9.17) is 0 Å². The Kier molecular flexibility index (Phi) is 3.49. The van der Waals surface area contributed by atoms with Gasteiger partial charge >= 0.3 is 0 Å². The third-order valence-corrected chi connectivity index (χ3v) is 5.94. The average molecular weight is 345 g/mol. The lowest BCUT2D eigenvalue weighted by atomic mass is 9.70. The van der Waals surface area contributed by atoms with Crippen molar-refractivity contribution in [2.45, 2.75) is 24.9 Å². The van der Waals surface area contributed by atoms with Crippen molar-refractivity contribution in [2.75, 3.05) is 4.90 Å². The Bertz CT molecular complexity index is 934. The van der Waals surface area contributed by atoms with Crippen LogP contribution in [0.5, 0.6) is 0 Å². The monoisotopic (exact) mass is 345 g/mol. The minimum atomic E-state index is -1.30. The van der Waals surface area contributed by atoms with Gasteiger partial charge in [-0.2, -0.15) is 21.9 Å². The van der Waals surface area contributed by atoms with E-state index in [1.165, 1.54) is 11.3 Å². The fourth-order valence-electron chi connectivity index (χ4n) is 4.21. The van der Waals surface area contributed by atoms with Crippen LogP contribution in [0, 0.1) is 28.1 Å². The molecule has 2 aliphatic rings. The Labute approximate surface area is 150 Å². The van der Waals surface area contributed by atoms with Gasteiger partial charge in [0.05, 0.1) is 24.2 Å². The first-order valence-electron chi connectivity index (χ1n) is 8.04. The van der Waals surface area contributed by atoms with Gasteiger partial charge in [-0.3, -0.25) is 4.79 Å². The summed E-state index contributed by atoms with van der Waals surface area (Å²) in [4.78, 5) is 14.6. The van der Waals surface area contributed by atoms with Crippen molar-refractivity contribution < 1.29 is 4.79 Å². The summed E-state index contributed by atoms with van der Waals surface area (Å²) in [6.45, 7) is 1.55. The van der Waals surface area contributed by atoms with Crippen molar-refractivity contribution in [3.63, 3.8) is 0 Å². The Balaban J connectivity index is 2.01. The van der Waals surface area contributed by atoms with Gasteiger partial charge in [-0.25, -0.2) is 0 Å². The molecule has 122 valence electrons. The van der Waals surface area contributed by atoms with Crippen LogP contribution in [0.3, 0.4) is 0 Å². The maximum Gasteiger partial charge on any atom is 0.176 e. The van der Waals surface area contributed by atoms with Gasteiger partial charge in [0, 0.05) is 11.6 Å². The van der Waals surface area contributed by atoms with Crippen LogP contribution >= 0.6 is 11.3 Å². The highest BCUT2D eigenvalue weighted by Gasteiger charge is 2.62. The van der Waals surface area contributed by atoms with Gasteiger partial charge in [0.25, 0.3) is 0 Å². The summed E-state index contributed by atoms with van der Waals surface area (Å²) in [5.41, 5.74) is 1.48. The number of nitriles is 2. The van der Waals surface area contributed by atoms with E-state index < -0.39 is 23.4 Å². The second-order valence-corrected chi connectivity index (χ2v) is 7.23. The fourth-order valence-corrected chi connectivity index (χ4v) is 4.91. The number of hydrogen-bond acceptors (Lipinski definition) is 5. The maximum atomic E-state index is 12.7. The molecular weight excluding hydrogens is 330 g/mol. The number of hydrogen-bond donors (Lipinski definition) is 0. The number of para-hydroxylation sites is 1. The molecule has 0 saturated carbocycles. The number of ketones is 1. The highest BCUT2D eigenvalue weighted by Crippen LogP contribution is 2.55. The summed E-state index contributed by atoms with van der Waals surface area (Å²) in [7, 11) is 0. The molecule has 25 heavy (non-hydrogen) atoms. The molecule has 4 rings (SSSR count). The minimum Gasteiger partial charge on any atom is -0.351 e. The number of carbonyl (C=O) groups is 1. The smallest absolute Gasteiger partial charge is 0.176 e. The van der Waals surface area contributed by atoms with E-state index in [0.29, 0.717) is 0 Å². The highest BCUT2D eigenvalue weighted by molar-refractivity contribution is 7.08. The Morgan fingerprint density at radius 3 is 2.64 bits per heavy atom. The van der Waals surface area contributed by atoms with E-state index in [2.05, 4.69) is 12.1 Å². The topological polar surface area (TPSA) is 67.9 Å². The molecule has 2 aromatic rings. The maximum absolute atomic E-state index is 12.7. The first-order chi connectivity index (χ1) is 12.1. The van der Waals surface area contributed by atoms with E-state index >= 15 is 0 Å². The zero-order valence-corrected chi connectivity index (χ0v) is 14.4. The fraction of sp³-hybridized carbons (Fsp3) is 0.250. The number of thiophene rings is 1. The predicted molar refractivity (Wildman–Crippen MR) is 96.9 cm³/mol. The quantitative estimate of drug-likeness (QED) is 0.831. The van der Waals surface area contributed by atoms with Crippen LogP contribution in [-0.2, 0) is 4.79 Å². The lowest BCUT2D eigenvalue weighted by Crippen LogP contribution is -2.43. The van der Waals surface area contributed by atoms with Crippen LogP contribution in [0.4, 0.5) is 5.69 Å². The summed E-state index contributed by atoms with van der Waals surface area (Å²) >= 11 is 1.51. The first kappa shape index (κ1) is 15.6. The van der Waals surface area contributed by atoms with Gasteiger partial charge in [0.1, 0.15) is 0 Å². The summed E-state index contributed by atoms with van der Waals surface area (Å²) in [6.07, 6.45) is 3.85. The number of fused-ring (bicyclic) bond motifs is 3. The lowest BCUT2D eigenvalue weighted by molar-refractivity contribution is -0.118. The SMILES string of the molecule is CC(=O)C1C(c2ccsc2)C(C#N)(C#N)C2C=Cc3ccccc3N12. The molecule has 1 saturated heterocycles. The summed E-state index contributed by atoms with van der Waals surface area (Å²) in [5, 5.41) is 23.9. The highest BCUT2D eigenvalue weighted by atomic mass is 32.1. The van der Waals surface area contributed by atoms with Gasteiger partial charge in [-0.05, 0) is 40.9 Å². The standard InChI is InChI=1S/C20H15N3OS/c1-13(24)19-18(15-8-9-25-10-15)20(11-21,12-22)17-7-6-14-4-2-3-5-16(14)23(17)19/h2-10,17-19H,1H3. The van der Waals surface area contributed by atoms with Crippen molar-refractivity contribution in [1.29, 1.82) is 10.5 Å². The summed E-state index contributed by atoms with van der Waals surface area (Å²) < 4.78 is 0. The van der Waals surface area contributed by atoms with Crippen molar-refractivity contribution >= 4 is 28.9 Å². The van der Waals surface area contributed by atoms with Crippen molar-refractivity contribution in [1.82, 2.24) is 0 Å². The molecule has 3 heterocycles. The van der Waals surface area contributed by atoms with Crippen LogP contribution in [-0.4, -0.2) is 17.9 Å². The summed E-state index contributed by atoms with van der Waals surface area (Å²) in [6, 6.07) is 13.3. The van der Waals surface area contributed by atoms with Gasteiger partial charge in [0.15, 0.2) is 11.2 Å². The second kappa shape index (κ2) is 5.58. The van der Waals surface area contributed by atoms with Gasteiger partial charge in [-0.15, -0.1) is 0 Å². The van der Waals surface area contributed by atoms with Crippen LogP contribution in [0.1, 0.15) is 24.0 Å². The van der Waals surface area contributed by atoms with Crippen LogP contribution < -0.4 is 4.90 Å². The van der Waals surface area contributed by atoms with E-state index in [1.54, 1.807) is 6.92 Å². The molecule has 4 nitrogen and oxygen atoms in total. The van der Waals surface area contributed by atoms with Crippen molar-refractivity contribution in [2.24, 2.45) is 5.41 Å². The molecule has 0 N–H and O–H groups in total. The molecule has 1 aromatic carbocycles. The number of carbonyl (C=O) groups excluding carboxylic acids is 1. The van der Waals surface area contributed by atoms with E-state index in [0.717, 1.165) is 16.8 Å². The van der Waals surface area contributed by atoms with Crippen molar-refractivity contribution in [3.8, 4) is 12.1 Å². The third-order valence-electron chi connectivity index (χ3n) is 5.23. The van der Waals surface area contributed by atoms with Crippen LogP contribution in [0.15, 0.2) is 47.2 Å². The number of anilines is 1. The summed E-state index contributed by atoms with van der Waals surface area (Å²) in [5.74, 6) is -0.509. The molecule has 5 heteroatoms. The molecule has 0 radical (unpaired) electrons. The molecule has 1 fully saturated rings. The number of Topliss-reactive ketones (excluding diaryl/α,β-unsaturated/α-hetero) is 1. The molecule has 3 unspecified atom stereocenters. The van der Waals surface area contributed by atoms with Crippen molar-refractivity contribution in [3.05, 3.63) is 58.3 Å². The Hall–Kier alpha value is -2.89. The first-order valence-corrected chi connectivity index (χ1v) is 8.99. The number of nitrogens with zero attached hydrogens (tertiary/aromatic N) is 3.